The zero-order chi connectivity index (χ0) is 14.0. The van der Waals surface area contributed by atoms with Gasteiger partial charge < -0.3 is 9.88 Å². The molecule has 1 unspecified atom stereocenters. The maximum absolute atomic E-state index is 12.3. The molecular formula is C13H23N3O2S. The molecule has 1 aromatic rings. The van der Waals surface area contributed by atoms with Crippen LogP contribution in [0, 0.1) is 5.92 Å². The van der Waals surface area contributed by atoms with Gasteiger partial charge in [-0.1, -0.05) is 0 Å². The lowest BCUT2D eigenvalue weighted by Gasteiger charge is -2.11. The predicted octanol–water partition coefficient (Wildman–Crippen LogP) is 1.30. The van der Waals surface area contributed by atoms with Crippen LogP contribution in [-0.4, -0.2) is 26.1 Å². The third kappa shape index (κ3) is 3.38. The second kappa shape index (κ2) is 5.64. The van der Waals surface area contributed by atoms with Crippen molar-refractivity contribution >= 4 is 10.0 Å². The number of hydrogen-bond acceptors (Lipinski definition) is 3. The zero-order valence-corrected chi connectivity index (χ0v) is 12.6. The largest absolute Gasteiger partial charge is 0.349 e. The van der Waals surface area contributed by atoms with Crippen LogP contribution in [0.5, 0.6) is 0 Å². The van der Waals surface area contributed by atoms with Gasteiger partial charge in [0.05, 0.1) is 4.90 Å². The van der Waals surface area contributed by atoms with Crippen molar-refractivity contribution in [1.29, 1.82) is 0 Å². The van der Waals surface area contributed by atoms with Crippen LogP contribution in [0.15, 0.2) is 17.2 Å². The minimum atomic E-state index is -3.39. The number of nitrogens with one attached hydrogen (secondary N) is 2. The maximum atomic E-state index is 12.3. The molecule has 0 saturated heterocycles. The molecule has 0 amide bonds. The van der Waals surface area contributed by atoms with E-state index >= 15 is 0 Å². The second-order valence-electron chi connectivity index (χ2n) is 5.23. The molecule has 0 spiro atoms. The van der Waals surface area contributed by atoms with Crippen molar-refractivity contribution in [2.75, 3.05) is 7.05 Å². The van der Waals surface area contributed by atoms with E-state index in [1.165, 1.54) is 0 Å². The Bertz CT molecular complexity index is 532. The summed E-state index contributed by atoms with van der Waals surface area (Å²) in [7, 11) is -1.54. The number of aromatic nitrogens is 1. The van der Waals surface area contributed by atoms with Crippen molar-refractivity contribution < 1.29 is 8.42 Å². The van der Waals surface area contributed by atoms with E-state index in [-0.39, 0.29) is 6.04 Å². The van der Waals surface area contributed by atoms with Crippen molar-refractivity contribution in [2.24, 2.45) is 5.92 Å². The summed E-state index contributed by atoms with van der Waals surface area (Å²) in [5, 5.41) is 3.06. The lowest BCUT2D eigenvalue weighted by Crippen LogP contribution is -2.33. The van der Waals surface area contributed by atoms with Crippen LogP contribution >= 0.6 is 0 Å². The van der Waals surface area contributed by atoms with Crippen molar-refractivity contribution in [3.8, 4) is 0 Å². The predicted molar refractivity (Wildman–Crippen MR) is 75.4 cm³/mol. The Balaban J connectivity index is 2.19. The molecule has 5 nitrogen and oxygen atoms in total. The Labute approximate surface area is 115 Å². The van der Waals surface area contributed by atoms with Gasteiger partial charge in [-0.2, -0.15) is 0 Å². The van der Waals surface area contributed by atoms with E-state index in [1.54, 1.807) is 12.3 Å². The summed E-state index contributed by atoms with van der Waals surface area (Å²) in [6.07, 6.45) is 3.98. The fourth-order valence-electron chi connectivity index (χ4n) is 2.30. The van der Waals surface area contributed by atoms with Gasteiger partial charge in [0, 0.05) is 31.0 Å². The molecule has 6 heteroatoms. The summed E-state index contributed by atoms with van der Waals surface area (Å²) in [6, 6.07) is 1.78. The number of aryl methyl sites for hydroxylation is 1. The number of sulfonamides is 1. The third-order valence-electron chi connectivity index (χ3n) is 3.64. The summed E-state index contributed by atoms with van der Waals surface area (Å²) in [6.45, 7) is 5.39. The van der Waals surface area contributed by atoms with Gasteiger partial charge in [-0.3, -0.25) is 0 Å². The van der Waals surface area contributed by atoms with Gasteiger partial charge in [-0.05, 0) is 45.7 Å². The molecule has 1 aliphatic rings. The summed E-state index contributed by atoms with van der Waals surface area (Å²) in [5.74, 6) is 0.514. The number of rotatable bonds is 7. The Kier molecular flexibility index (Phi) is 4.32. The molecule has 1 saturated carbocycles. The highest BCUT2D eigenvalue weighted by Crippen LogP contribution is 2.33. The van der Waals surface area contributed by atoms with Gasteiger partial charge in [-0.25, -0.2) is 13.1 Å². The molecule has 0 radical (unpaired) electrons. The molecule has 2 rings (SSSR count). The molecule has 19 heavy (non-hydrogen) atoms. The first-order valence-corrected chi connectivity index (χ1v) is 8.32. The first kappa shape index (κ1) is 14.6. The van der Waals surface area contributed by atoms with Crippen molar-refractivity contribution in [1.82, 2.24) is 14.6 Å². The Morgan fingerprint density at radius 3 is 2.68 bits per heavy atom. The fourth-order valence-corrected chi connectivity index (χ4v) is 3.68. The summed E-state index contributed by atoms with van der Waals surface area (Å²) in [4.78, 5) is 0.368. The number of hydrogen-bond donors (Lipinski definition) is 2. The quantitative estimate of drug-likeness (QED) is 0.794. The van der Waals surface area contributed by atoms with E-state index < -0.39 is 10.0 Å². The number of nitrogens with zero attached hydrogens (tertiary/aromatic N) is 1. The van der Waals surface area contributed by atoms with E-state index in [4.69, 9.17) is 0 Å². The molecule has 1 aliphatic carbocycles. The van der Waals surface area contributed by atoms with Crippen LogP contribution in [0.2, 0.25) is 0 Å². The molecule has 1 heterocycles. The van der Waals surface area contributed by atoms with Crippen molar-refractivity contribution in [3.63, 3.8) is 0 Å². The maximum Gasteiger partial charge on any atom is 0.242 e. The molecule has 1 aromatic heterocycles. The van der Waals surface area contributed by atoms with E-state index in [0.717, 1.165) is 25.1 Å². The molecule has 1 atom stereocenters. The normalized spacial score (nSPS) is 17.6. The Morgan fingerprint density at radius 2 is 2.16 bits per heavy atom. The molecular weight excluding hydrogens is 262 g/mol. The fraction of sp³-hybridized carbons (Fsp3) is 0.692. The van der Waals surface area contributed by atoms with Gasteiger partial charge in [0.1, 0.15) is 0 Å². The SMILES string of the molecule is CCn1cc(S(=O)(=O)NC(C)C2CC2)cc1CNC. The summed E-state index contributed by atoms with van der Waals surface area (Å²) >= 11 is 0. The van der Waals surface area contributed by atoms with Crippen LogP contribution < -0.4 is 10.0 Å². The van der Waals surface area contributed by atoms with Crippen LogP contribution in [0.3, 0.4) is 0 Å². The highest BCUT2D eigenvalue weighted by Gasteiger charge is 2.31. The van der Waals surface area contributed by atoms with Crippen molar-refractivity contribution in [3.05, 3.63) is 18.0 Å². The van der Waals surface area contributed by atoms with Crippen LogP contribution in [-0.2, 0) is 23.1 Å². The Morgan fingerprint density at radius 1 is 1.47 bits per heavy atom. The van der Waals surface area contributed by atoms with E-state index in [1.807, 2.05) is 25.5 Å². The standard InChI is InChI=1S/C13H23N3O2S/c1-4-16-9-13(7-12(16)8-14-3)19(17,18)15-10(2)11-5-6-11/h7,9-11,14-15H,4-6,8H2,1-3H3. The topological polar surface area (TPSA) is 63.1 Å². The van der Waals surface area contributed by atoms with Crippen LogP contribution in [0.1, 0.15) is 32.4 Å². The highest BCUT2D eigenvalue weighted by atomic mass is 32.2. The van der Waals surface area contributed by atoms with E-state index in [0.29, 0.717) is 17.4 Å². The Hall–Kier alpha value is -0.850. The van der Waals surface area contributed by atoms with E-state index in [9.17, 15) is 8.42 Å². The zero-order valence-electron chi connectivity index (χ0n) is 11.8. The molecule has 108 valence electrons. The minimum absolute atomic E-state index is 0.0303. The summed E-state index contributed by atoms with van der Waals surface area (Å²) < 4.78 is 29.4. The monoisotopic (exact) mass is 285 g/mol. The molecule has 0 bridgehead atoms. The van der Waals surface area contributed by atoms with Crippen LogP contribution in [0.25, 0.3) is 0 Å². The van der Waals surface area contributed by atoms with Gasteiger partial charge in [0.15, 0.2) is 0 Å². The average molecular weight is 285 g/mol. The van der Waals surface area contributed by atoms with Crippen LogP contribution in [0.4, 0.5) is 0 Å². The summed E-state index contributed by atoms with van der Waals surface area (Å²) in [5.41, 5.74) is 0.990. The first-order chi connectivity index (χ1) is 8.97. The average Bonchev–Trinajstić information content (AvgIpc) is 3.11. The lowest BCUT2D eigenvalue weighted by atomic mass is 10.2. The smallest absolute Gasteiger partial charge is 0.242 e. The second-order valence-corrected chi connectivity index (χ2v) is 6.94. The molecule has 0 aliphatic heterocycles. The minimum Gasteiger partial charge on any atom is -0.349 e. The van der Waals surface area contributed by atoms with Gasteiger partial charge in [-0.15, -0.1) is 0 Å². The van der Waals surface area contributed by atoms with Gasteiger partial charge in [0.2, 0.25) is 10.0 Å². The van der Waals surface area contributed by atoms with Gasteiger partial charge in [0.25, 0.3) is 0 Å². The van der Waals surface area contributed by atoms with E-state index in [2.05, 4.69) is 10.0 Å². The highest BCUT2D eigenvalue weighted by molar-refractivity contribution is 7.89. The first-order valence-electron chi connectivity index (χ1n) is 6.84. The lowest BCUT2D eigenvalue weighted by molar-refractivity contribution is 0.538. The third-order valence-corrected chi connectivity index (χ3v) is 5.17. The molecule has 0 aromatic carbocycles. The molecule has 2 N–H and O–H groups in total. The molecule has 1 fully saturated rings. The van der Waals surface area contributed by atoms with Crippen molar-refractivity contribution in [2.45, 2.75) is 50.7 Å². The van der Waals surface area contributed by atoms with Gasteiger partial charge >= 0.3 is 0 Å².